The first-order valence-electron chi connectivity index (χ1n) is 10.2. The standard InChI is InChI=1S/C21H29N5O2S/c1-3-5-10-25(4-2)21(28)17-14-16(24-20(27)18-7-6-13-29-18)15-23-19(17)26-11-8-22-9-12-26/h6-7,13-15,22H,3-5,8-12H2,1-2H3,(H,24,27). The van der Waals surface area contributed by atoms with E-state index in [1.165, 1.54) is 11.3 Å². The van der Waals surface area contributed by atoms with Crippen molar-refractivity contribution in [1.29, 1.82) is 0 Å². The Labute approximate surface area is 176 Å². The molecule has 1 saturated heterocycles. The van der Waals surface area contributed by atoms with Gasteiger partial charge in [-0.1, -0.05) is 19.4 Å². The fourth-order valence-electron chi connectivity index (χ4n) is 3.33. The van der Waals surface area contributed by atoms with E-state index >= 15 is 0 Å². The van der Waals surface area contributed by atoms with Crippen LogP contribution in [0.25, 0.3) is 0 Å². The number of rotatable bonds is 8. The lowest BCUT2D eigenvalue weighted by molar-refractivity contribution is 0.0762. The zero-order chi connectivity index (χ0) is 20.6. The fraction of sp³-hybridized carbons (Fsp3) is 0.476. The van der Waals surface area contributed by atoms with Gasteiger partial charge in [-0.05, 0) is 30.9 Å². The molecule has 0 unspecified atom stereocenters. The van der Waals surface area contributed by atoms with E-state index in [2.05, 4.69) is 27.4 Å². The molecule has 2 amide bonds. The van der Waals surface area contributed by atoms with Gasteiger partial charge in [-0.2, -0.15) is 0 Å². The summed E-state index contributed by atoms with van der Waals surface area (Å²) < 4.78 is 0. The number of amides is 2. The van der Waals surface area contributed by atoms with Gasteiger partial charge < -0.3 is 20.4 Å². The SMILES string of the molecule is CCCCN(CC)C(=O)c1cc(NC(=O)c2cccs2)cnc1N1CCNCC1. The summed E-state index contributed by atoms with van der Waals surface area (Å²) in [6, 6.07) is 5.39. The van der Waals surface area contributed by atoms with Crippen LogP contribution < -0.4 is 15.5 Å². The largest absolute Gasteiger partial charge is 0.353 e. The van der Waals surface area contributed by atoms with Crippen LogP contribution in [0.1, 0.15) is 46.7 Å². The number of nitrogens with one attached hydrogen (secondary N) is 2. The van der Waals surface area contributed by atoms with Crippen molar-refractivity contribution in [3.05, 3.63) is 40.2 Å². The maximum Gasteiger partial charge on any atom is 0.265 e. The first kappa shape index (κ1) is 21.3. The molecule has 2 aromatic heterocycles. The lowest BCUT2D eigenvalue weighted by Crippen LogP contribution is -2.45. The quantitative estimate of drug-likeness (QED) is 0.693. The van der Waals surface area contributed by atoms with E-state index in [1.54, 1.807) is 18.3 Å². The van der Waals surface area contributed by atoms with E-state index in [1.807, 2.05) is 23.3 Å². The minimum Gasteiger partial charge on any atom is -0.353 e. The summed E-state index contributed by atoms with van der Waals surface area (Å²) in [4.78, 5) is 35.0. The maximum atomic E-state index is 13.3. The zero-order valence-corrected chi connectivity index (χ0v) is 17.9. The molecule has 1 aliphatic heterocycles. The van der Waals surface area contributed by atoms with Gasteiger partial charge in [-0.15, -0.1) is 11.3 Å². The predicted molar refractivity (Wildman–Crippen MR) is 118 cm³/mol. The molecule has 1 aliphatic rings. The minimum atomic E-state index is -0.187. The van der Waals surface area contributed by atoms with Crippen molar-refractivity contribution >= 4 is 34.7 Å². The highest BCUT2D eigenvalue weighted by atomic mass is 32.1. The summed E-state index contributed by atoms with van der Waals surface area (Å²) in [7, 11) is 0. The Morgan fingerprint density at radius 1 is 1.31 bits per heavy atom. The van der Waals surface area contributed by atoms with Crippen molar-refractivity contribution in [3.8, 4) is 0 Å². The number of hydrogen-bond acceptors (Lipinski definition) is 6. The van der Waals surface area contributed by atoms with Crippen LogP contribution in [0, 0.1) is 0 Å². The number of piperazine rings is 1. The number of nitrogens with zero attached hydrogens (tertiary/aromatic N) is 3. The highest BCUT2D eigenvalue weighted by Gasteiger charge is 2.24. The molecular formula is C21H29N5O2S. The van der Waals surface area contributed by atoms with Crippen molar-refractivity contribution in [2.24, 2.45) is 0 Å². The van der Waals surface area contributed by atoms with Crippen LogP contribution in [0.4, 0.5) is 11.5 Å². The second-order valence-corrected chi connectivity index (χ2v) is 7.95. The van der Waals surface area contributed by atoms with Crippen LogP contribution in [0.3, 0.4) is 0 Å². The Balaban J connectivity index is 1.89. The summed E-state index contributed by atoms with van der Waals surface area (Å²) in [5.74, 6) is 0.475. The first-order valence-corrected chi connectivity index (χ1v) is 11.1. The lowest BCUT2D eigenvalue weighted by Gasteiger charge is -2.31. The molecule has 3 heterocycles. The average molecular weight is 416 g/mol. The van der Waals surface area contributed by atoms with Crippen molar-refractivity contribution in [2.75, 3.05) is 49.5 Å². The van der Waals surface area contributed by atoms with Crippen LogP contribution in [0.2, 0.25) is 0 Å². The van der Waals surface area contributed by atoms with E-state index < -0.39 is 0 Å². The maximum absolute atomic E-state index is 13.3. The van der Waals surface area contributed by atoms with Gasteiger partial charge >= 0.3 is 0 Å². The summed E-state index contributed by atoms with van der Waals surface area (Å²) in [5.41, 5.74) is 1.09. The third kappa shape index (κ3) is 5.33. The molecule has 156 valence electrons. The minimum absolute atomic E-state index is 0.0331. The molecule has 0 spiro atoms. The number of anilines is 2. The van der Waals surface area contributed by atoms with E-state index in [0.29, 0.717) is 28.5 Å². The molecule has 0 atom stereocenters. The van der Waals surface area contributed by atoms with Crippen molar-refractivity contribution in [3.63, 3.8) is 0 Å². The van der Waals surface area contributed by atoms with Crippen LogP contribution in [0.5, 0.6) is 0 Å². The lowest BCUT2D eigenvalue weighted by atomic mass is 10.1. The Bertz CT molecular complexity index is 818. The normalized spacial score (nSPS) is 13.9. The molecule has 3 rings (SSSR count). The summed E-state index contributed by atoms with van der Waals surface area (Å²) >= 11 is 1.38. The van der Waals surface area contributed by atoms with Gasteiger partial charge in [0.25, 0.3) is 11.8 Å². The van der Waals surface area contributed by atoms with Crippen molar-refractivity contribution in [2.45, 2.75) is 26.7 Å². The van der Waals surface area contributed by atoms with Gasteiger partial charge in [0.1, 0.15) is 5.82 Å². The molecule has 1 fully saturated rings. The van der Waals surface area contributed by atoms with Gasteiger partial charge in [0.2, 0.25) is 0 Å². The third-order valence-electron chi connectivity index (χ3n) is 4.97. The van der Waals surface area contributed by atoms with Crippen molar-refractivity contribution < 1.29 is 9.59 Å². The fourth-order valence-corrected chi connectivity index (χ4v) is 3.95. The number of thiophene rings is 1. The molecule has 0 saturated carbocycles. The van der Waals surface area contributed by atoms with Crippen LogP contribution >= 0.6 is 11.3 Å². The Hall–Kier alpha value is -2.45. The number of carbonyl (C=O) groups excluding carboxylic acids is 2. The summed E-state index contributed by atoms with van der Waals surface area (Å²) in [5, 5.41) is 8.07. The molecule has 2 N–H and O–H groups in total. The molecule has 7 nitrogen and oxygen atoms in total. The predicted octanol–water partition coefficient (Wildman–Crippen LogP) is 3.07. The third-order valence-corrected chi connectivity index (χ3v) is 5.84. The summed E-state index contributed by atoms with van der Waals surface area (Å²) in [6.45, 7) is 8.80. The molecular weight excluding hydrogens is 386 g/mol. The number of pyridine rings is 1. The molecule has 8 heteroatoms. The Morgan fingerprint density at radius 3 is 2.76 bits per heavy atom. The topological polar surface area (TPSA) is 77.6 Å². The number of carbonyl (C=O) groups is 2. The first-order chi connectivity index (χ1) is 14.1. The Morgan fingerprint density at radius 2 is 2.10 bits per heavy atom. The highest BCUT2D eigenvalue weighted by Crippen LogP contribution is 2.24. The van der Waals surface area contributed by atoms with Gasteiger partial charge in [0.15, 0.2) is 0 Å². The Kier molecular flexibility index (Phi) is 7.60. The van der Waals surface area contributed by atoms with Crippen LogP contribution in [0.15, 0.2) is 29.8 Å². The highest BCUT2D eigenvalue weighted by molar-refractivity contribution is 7.12. The molecule has 0 aromatic carbocycles. The molecule has 29 heavy (non-hydrogen) atoms. The van der Waals surface area contributed by atoms with Gasteiger partial charge in [-0.3, -0.25) is 9.59 Å². The van der Waals surface area contributed by atoms with Gasteiger partial charge in [-0.25, -0.2) is 4.98 Å². The number of hydrogen-bond donors (Lipinski definition) is 2. The average Bonchev–Trinajstić information content (AvgIpc) is 3.30. The molecule has 0 radical (unpaired) electrons. The number of aromatic nitrogens is 1. The van der Waals surface area contributed by atoms with Crippen LogP contribution in [-0.2, 0) is 0 Å². The van der Waals surface area contributed by atoms with Gasteiger partial charge in [0.05, 0.1) is 22.3 Å². The smallest absolute Gasteiger partial charge is 0.265 e. The number of unbranched alkanes of at least 4 members (excludes halogenated alkanes) is 1. The monoisotopic (exact) mass is 415 g/mol. The molecule has 0 aliphatic carbocycles. The van der Waals surface area contributed by atoms with E-state index in [4.69, 9.17) is 0 Å². The second-order valence-electron chi connectivity index (χ2n) is 7.00. The zero-order valence-electron chi connectivity index (χ0n) is 17.1. The second kappa shape index (κ2) is 10.4. The summed E-state index contributed by atoms with van der Waals surface area (Å²) in [6.07, 6.45) is 3.64. The molecule has 2 aromatic rings. The van der Waals surface area contributed by atoms with E-state index in [9.17, 15) is 9.59 Å². The molecule has 0 bridgehead atoms. The van der Waals surface area contributed by atoms with Gasteiger partial charge in [0, 0.05) is 39.3 Å². The van der Waals surface area contributed by atoms with Crippen molar-refractivity contribution in [1.82, 2.24) is 15.2 Å². The van der Waals surface area contributed by atoms with E-state index in [-0.39, 0.29) is 11.8 Å². The van der Waals surface area contributed by atoms with E-state index in [0.717, 1.165) is 45.6 Å². The van der Waals surface area contributed by atoms with Crippen LogP contribution in [-0.4, -0.2) is 61.0 Å².